The number of carboxylic acid groups (broad SMARTS) is 1. The standard InChI is InChI=1S/C23H26F3N3O5.ClH/c1-33-19-8-7-17(13-20(19)34-2)28-9-11-29(12-10-28)21(30)14-18(27-22(31)32)15-3-5-16(6-4-15)23(24,25)26;/h3-8,13,18,27H,9-12,14H2,1-2H3,(H,31,32);1H. The van der Waals surface area contributed by atoms with Gasteiger partial charge in [0.15, 0.2) is 11.5 Å². The highest BCUT2D eigenvalue weighted by Gasteiger charge is 2.31. The van der Waals surface area contributed by atoms with Crippen LogP contribution in [0.25, 0.3) is 0 Å². The Morgan fingerprint density at radius 3 is 2.11 bits per heavy atom. The highest BCUT2D eigenvalue weighted by Crippen LogP contribution is 2.32. The van der Waals surface area contributed by atoms with E-state index >= 15 is 0 Å². The van der Waals surface area contributed by atoms with Crippen LogP contribution in [0.4, 0.5) is 23.7 Å². The van der Waals surface area contributed by atoms with Gasteiger partial charge in [-0.3, -0.25) is 4.79 Å². The van der Waals surface area contributed by atoms with Crippen molar-refractivity contribution >= 4 is 30.1 Å². The predicted molar refractivity (Wildman–Crippen MR) is 126 cm³/mol. The van der Waals surface area contributed by atoms with Crippen LogP contribution in [0.5, 0.6) is 11.5 Å². The summed E-state index contributed by atoms with van der Waals surface area (Å²) in [5.41, 5.74) is 0.357. The van der Waals surface area contributed by atoms with E-state index < -0.39 is 23.9 Å². The van der Waals surface area contributed by atoms with Crippen LogP contribution in [-0.2, 0) is 11.0 Å². The number of anilines is 1. The van der Waals surface area contributed by atoms with Crippen LogP contribution >= 0.6 is 12.4 Å². The average Bonchev–Trinajstić information content (AvgIpc) is 2.82. The van der Waals surface area contributed by atoms with E-state index in [9.17, 15) is 22.8 Å². The fraction of sp³-hybridized carbons (Fsp3) is 0.391. The van der Waals surface area contributed by atoms with Gasteiger partial charge in [-0.2, -0.15) is 13.2 Å². The number of nitrogens with one attached hydrogen (secondary N) is 1. The largest absolute Gasteiger partial charge is 0.493 e. The summed E-state index contributed by atoms with van der Waals surface area (Å²) in [4.78, 5) is 27.8. The van der Waals surface area contributed by atoms with Crippen LogP contribution in [0.3, 0.4) is 0 Å². The highest BCUT2D eigenvalue weighted by molar-refractivity contribution is 5.85. The molecular formula is C23H27ClF3N3O5. The number of nitrogens with zero attached hydrogens (tertiary/aromatic N) is 2. The summed E-state index contributed by atoms with van der Waals surface area (Å²) in [6.45, 7) is 1.94. The third kappa shape index (κ3) is 7.08. The van der Waals surface area contributed by atoms with Crippen LogP contribution < -0.4 is 19.7 Å². The first-order valence-corrected chi connectivity index (χ1v) is 10.5. The molecule has 1 atom stereocenters. The van der Waals surface area contributed by atoms with Crippen LogP contribution in [-0.4, -0.2) is 62.4 Å². The number of alkyl halides is 3. The van der Waals surface area contributed by atoms with Gasteiger partial charge >= 0.3 is 12.3 Å². The van der Waals surface area contributed by atoms with Crippen molar-refractivity contribution in [3.8, 4) is 11.5 Å². The van der Waals surface area contributed by atoms with Crippen molar-refractivity contribution < 1.29 is 37.3 Å². The molecule has 2 aromatic carbocycles. The number of benzene rings is 2. The molecule has 0 radical (unpaired) electrons. The van der Waals surface area contributed by atoms with Crippen molar-refractivity contribution in [2.75, 3.05) is 45.3 Å². The topological polar surface area (TPSA) is 91.3 Å². The molecule has 0 aromatic heterocycles. The second-order valence-corrected chi connectivity index (χ2v) is 7.73. The Hall–Kier alpha value is -3.34. The number of ether oxygens (including phenoxy) is 2. The van der Waals surface area contributed by atoms with E-state index in [0.717, 1.165) is 17.8 Å². The predicted octanol–water partition coefficient (Wildman–Crippen LogP) is 4.19. The molecule has 192 valence electrons. The van der Waals surface area contributed by atoms with Crippen molar-refractivity contribution in [1.82, 2.24) is 10.2 Å². The van der Waals surface area contributed by atoms with Gasteiger partial charge in [0, 0.05) is 37.9 Å². The molecule has 12 heteroatoms. The maximum absolute atomic E-state index is 12.9. The average molecular weight is 518 g/mol. The fourth-order valence-corrected chi connectivity index (χ4v) is 3.85. The van der Waals surface area contributed by atoms with Crippen LogP contribution in [0.15, 0.2) is 42.5 Å². The van der Waals surface area contributed by atoms with Crippen LogP contribution in [0.1, 0.15) is 23.6 Å². The third-order valence-corrected chi connectivity index (χ3v) is 5.68. The number of halogens is 4. The van der Waals surface area contributed by atoms with Gasteiger partial charge in [0.25, 0.3) is 0 Å². The van der Waals surface area contributed by atoms with Crippen LogP contribution in [0, 0.1) is 0 Å². The van der Waals surface area contributed by atoms with Crippen LogP contribution in [0.2, 0.25) is 0 Å². The quantitative estimate of drug-likeness (QED) is 0.572. The molecule has 8 nitrogen and oxygen atoms in total. The normalized spacial score (nSPS) is 14.5. The smallest absolute Gasteiger partial charge is 0.416 e. The first-order chi connectivity index (χ1) is 16.1. The van der Waals surface area contributed by atoms with Gasteiger partial charge in [-0.25, -0.2) is 4.79 Å². The number of hydrogen-bond donors (Lipinski definition) is 2. The van der Waals surface area contributed by atoms with E-state index in [1.54, 1.807) is 25.2 Å². The van der Waals surface area contributed by atoms with E-state index in [-0.39, 0.29) is 30.3 Å². The minimum atomic E-state index is -4.50. The van der Waals surface area contributed by atoms with Crippen molar-refractivity contribution in [1.29, 1.82) is 0 Å². The molecule has 1 saturated heterocycles. The Bertz CT molecular complexity index is 1010. The van der Waals surface area contributed by atoms with Gasteiger partial charge < -0.3 is 29.7 Å². The molecule has 1 fully saturated rings. The molecule has 35 heavy (non-hydrogen) atoms. The zero-order valence-corrected chi connectivity index (χ0v) is 20.0. The molecular weight excluding hydrogens is 491 g/mol. The zero-order valence-electron chi connectivity index (χ0n) is 19.2. The van der Waals surface area contributed by atoms with Crippen molar-refractivity contribution in [3.63, 3.8) is 0 Å². The first-order valence-electron chi connectivity index (χ1n) is 10.5. The summed E-state index contributed by atoms with van der Waals surface area (Å²) in [6.07, 6.45) is -6.07. The molecule has 0 bridgehead atoms. The molecule has 1 heterocycles. The lowest BCUT2D eigenvalue weighted by Gasteiger charge is -2.37. The molecule has 3 rings (SSSR count). The summed E-state index contributed by atoms with van der Waals surface area (Å²) < 4.78 is 49.1. The number of amides is 2. The number of methoxy groups -OCH3 is 2. The maximum Gasteiger partial charge on any atom is 0.416 e. The molecule has 2 amide bonds. The van der Waals surface area contributed by atoms with Gasteiger partial charge in [-0.05, 0) is 29.8 Å². The van der Waals surface area contributed by atoms with E-state index in [4.69, 9.17) is 14.6 Å². The maximum atomic E-state index is 12.9. The van der Waals surface area contributed by atoms with Gasteiger partial charge in [-0.15, -0.1) is 12.4 Å². The molecule has 1 aliphatic heterocycles. The lowest BCUT2D eigenvalue weighted by Crippen LogP contribution is -2.49. The second-order valence-electron chi connectivity index (χ2n) is 7.73. The Morgan fingerprint density at radius 1 is 1.00 bits per heavy atom. The molecule has 2 N–H and O–H groups in total. The molecule has 0 aliphatic carbocycles. The first kappa shape index (κ1) is 27.9. The number of hydrogen-bond acceptors (Lipinski definition) is 5. The number of carbonyl (C=O) groups excluding carboxylic acids is 1. The molecule has 0 spiro atoms. The number of piperazine rings is 1. The summed E-state index contributed by atoms with van der Waals surface area (Å²) in [7, 11) is 3.11. The molecule has 1 aliphatic rings. The SMILES string of the molecule is COc1ccc(N2CCN(C(=O)CC(NC(=O)O)c3ccc(C(F)(F)F)cc3)CC2)cc1OC.Cl. The monoisotopic (exact) mass is 517 g/mol. The second kappa shape index (κ2) is 11.9. The minimum Gasteiger partial charge on any atom is -0.493 e. The number of carbonyl (C=O) groups is 2. The minimum absolute atomic E-state index is 0. The van der Waals surface area contributed by atoms with Crippen molar-refractivity contribution in [2.24, 2.45) is 0 Å². The van der Waals surface area contributed by atoms with Gasteiger partial charge in [0.1, 0.15) is 0 Å². The molecule has 2 aromatic rings. The third-order valence-electron chi connectivity index (χ3n) is 5.68. The fourth-order valence-electron chi connectivity index (χ4n) is 3.85. The van der Waals surface area contributed by atoms with Crippen molar-refractivity contribution in [2.45, 2.75) is 18.6 Å². The highest BCUT2D eigenvalue weighted by atomic mass is 35.5. The Balaban J connectivity index is 0.00000432. The summed E-state index contributed by atoms with van der Waals surface area (Å²) >= 11 is 0. The summed E-state index contributed by atoms with van der Waals surface area (Å²) in [6, 6.07) is 8.71. The Labute approximate surface area is 207 Å². The van der Waals surface area contributed by atoms with E-state index in [1.807, 2.05) is 12.1 Å². The molecule has 1 unspecified atom stereocenters. The number of rotatable bonds is 7. The van der Waals surface area contributed by atoms with E-state index in [1.165, 1.54) is 12.1 Å². The summed E-state index contributed by atoms with van der Waals surface area (Å²) in [5, 5.41) is 11.4. The Morgan fingerprint density at radius 2 is 1.60 bits per heavy atom. The van der Waals surface area contributed by atoms with E-state index in [0.29, 0.717) is 37.7 Å². The summed E-state index contributed by atoms with van der Waals surface area (Å²) in [5.74, 6) is 0.920. The zero-order chi connectivity index (χ0) is 24.9. The van der Waals surface area contributed by atoms with Gasteiger partial charge in [0.2, 0.25) is 5.91 Å². The van der Waals surface area contributed by atoms with E-state index in [2.05, 4.69) is 10.2 Å². The van der Waals surface area contributed by atoms with Gasteiger partial charge in [0.05, 0.1) is 32.2 Å². The lowest BCUT2D eigenvalue weighted by atomic mass is 10.0. The lowest BCUT2D eigenvalue weighted by molar-refractivity contribution is -0.137. The Kier molecular flexibility index (Phi) is 9.47. The molecule has 0 saturated carbocycles. The van der Waals surface area contributed by atoms with Gasteiger partial charge in [-0.1, -0.05) is 12.1 Å². The van der Waals surface area contributed by atoms with Crippen molar-refractivity contribution in [3.05, 3.63) is 53.6 Å².